The van der Waals surface area contributed by atoms with Crippen LogP contribution < -0.4 is 10.3 Å². The molecule has 0 bridgehead atoms. The fourth-order valence-corrected chi connectivity index (χ4v) is 1.92. The molecule has 0 amide bonds. The highest BCUT2D eigenvalue weighted by atomic mass is 16.7. The van der Waals surface area contributed by atoms with E-state index in [1.165, 1.54) is 7.11 Å². The van der Waals surface area contributed by atoms with Gasteiger partial charge in [-0.1, -0.05) is 0 Å². The van der Waals surface area contributed by atoms with E-state index in [1.807, 2.05) is 27.7 Å². The van der Waals surface area contributed by atoms with Gasteiger partial charge >= 0.3 is 7.12 Å². The van der Waals surface area contributed by atoms with Gasteiger partial charge in [0.1, 0.15) is 11.3 Å². The quantitative estimate of drug-likeness (QED) is 0.605. The molecule has 1 aromatic heterocycles. The first-order valence-electron chi connectivity index (χ1n) is 6.16. The van der Waals surface area contributed by atoms with E-state index in [0.717, 1.165) is 6.29 Å². The van der Waals surface area contributed by atoms with Crippen molar-refractivity contribution < 1.29 is 18.8 Å². The monoisotopic (exact) mass is 263 g/mol. The summed E-state index contributed by atoms with van der Waals surface area (Å²) in [4.78, 5) is 15.3. The molecule has 1 fully saturated rings. The number of aldehydes is 1. The maximum atomic E-state index is 11.0. The van der Waals surface area contributed by atoms with Crippen LogP contribution in [0.1, 0.15) is 38.1 Å². The van der Waals surface area contributed by atoms with Gasteiger partial charge in [0.25, 0.3) is 0 Å². The summed E-state index contributed by atoms with van der Waals surface area (Å²) in [7, 11) is 0.860. The first-order valence-corrected chi connectivity index (χ1v) is 6.16. The van der Waals surface area contributed by atoms with Crippen LogP contribution in [0.2, 0.25) is 0 Å². The van der Waals surface area contributed by atoms with E-state index < -0.39 is 18.3 Å². The standard InChI is InChI=1S/C13H18BNO4/c1-12(2)13(3,4)19-14(18-12)11-10(17-5)9(8-16)6-7-15-11/h6-8H,1-5H3. The number of nitrogens with zero attached hydrogens (tertiary/aromatic N) is 1. The number of rotatable bonds is 3. The van der Waals surface area contributed by atoms with Crippen molar-refractivity contribution in [1.82, 2.24) is 4.98 Å². The molecule has 2 heterocycles. The lowest BCUT2D eigenvalue weighted by Gasteiger charge is -2.32. The molecular formula is C13H18BNO4. The van der Waals surface area contributed by atoms with E-state index in [-0.39, 0.29) is 0 Å². The van der Waals surface area contributed by atoms with E-state index >= 15 is 0 Å². The predicted molar refractivity (Wildman–Crippen MR) is 71.9 cm³/mol. The average molecular weight is 263 g/mol. The third kappa shape index (κ3) is 2.26. The number of carbonyl (C=O) groups is 1. The number of aromatic nitrogens is 1. The first-order chi connectivity index (χ1) is 8.82. The van der Waals surface area contributed by atoms with Crippen molar-refractivity contribution in [2.45, 2.75) is 38.9 Å². The number of hydrogen-bond acceptors (Lipinski definition) is 5. The molecule has 0 atom stereocenters. The summed E-state index contributed by atoms with van der Waals surface area (Å²) in [5.74, 6) is 0.399. The summed E-state index contributed by atoms with van der Waals surface area (Å²) in [5.41, 5.74) is 0.0104. The van der Waals surface area contributed by atoms with Crippen molar-refractivity contribution in [2.24, 2.45) is 0 Å². The SMILES string of the molecule is COc1c(C=O)ccnc1B1OC(C)(C)C(C)(C)O1. The van der Waals surface area contributed by atoms with Gasteiger partial charge < -0.3 is 14.0 Å². The van der Waals surface area contributed by atoms with Crippen LogP contribution in [0.4, 0.5) is 0 Å². The van der Waals surface area contributed by atoms with E-state index in [4.69, 9.17) is 14.0 Å². The third-order valence-electron chi connectivity index (χ3n) is 3.77. The molecule has 5 nitrogen and oxygen atoms in total. The summed E-state index contributed by atoms with van der Waals surface area (Å²) >= 11 is 0. The number of ether oxygens (including phenoxy) is 1. The summed E-state index contributed by atoms with van der Waals surface area (Å²) in [6.45, 7) is 7.85. The van der Waals surface area contributed by atoms with Crippen LogP contribution in [0.25, 0.3) is 0 Å². The lowest BCUT2D eigenvalue weighted by Crippen LogP contribution is -2.41. The van der Waals surface area contributed by atoms with Crippen LogP contribution in [-0.4, -0.2) is 36.7 Å². The maximum Gasteiger partial charge on any atom is 0.518 e. The second-order valence-electron chi connectivity index (χ2n) is 5.52. The smallest absolute Gasteiger partial charge is 0.495 e. The van der Waals surface area contributed by atoms with Gasteiger partial charge in [-0.3, -0.25) is 9.78 Å². The molecule has 0 N–H and O–H groups in total. The van der Waals surface area contributed by atoms with Crippen LogP contribution >= 0.6 is 0 Å². The molecule has 6 heteroatoms. The maximum absolute atomic E-state index is 11.0. The molecule has 1 aromatic rings. The summed E-state index contributed by atoms with van der Waals surface area (Å²) in [6, 6.07) is 1.60. The van der Waals surface area contributed by atoms with Gasteiger partial charge in [-0.2, -0.15) is 0 Å². The molecule has 0 unspecified atom stereocenters. The molecule has 19 heavy (non-hydrogen) atoms. The Balaban J connectivity index is 2.42. The Hall–Kier alpha value is -1.40. The fourth-order valence-electron chi connectivity index (χ4n) is 1.92. The molecule has 2 rings (SSSR count). The normalized spacial score (nSPS) is 20.4. The van der Waals surface area contributed by atoms with Crippen molar-refractivity contribution in [3.8, 4) is 5.75 Å². The Morgan fingerprint density at radius 1 is 1.26 bits per heavy atom. The minimum absolute atomic E-state index is 0.399. The van der Waals surface area contributed by atoms with Gasteiger partial charge in [0.2, 0.25) is 0 Å². The van der Waals surface area contributed by atoms with Gasteiger partial charge in [0.05, 0.1) is 23.9 Å². The second-order valence-corrected chi connectivity index (χ2v) is 5.52. The molecule has 0 saturated carbocycles. The number of carbonyl (C=O) groups excluding carboxylic acids is 1. The van der Waals surface area contributed by atoms with E-state index in [0.29, 0.717) is 16.9 Å². The Morgan fingerprint density at radius 3 is 2.32 bits per heavy atom. The minimum Gasteiger partial charge on any atom is -0.495 e. The molecule has 0 aromatic carbocycles. The zero-order valence-corrected chi connectivity index (χ0v) is 11.9. The highest BCUT2D eigenvalue weighted by molar-refractivity contribution is 6.62. The van der Waals surface area contributed by atoms with Gasteiger partial charge in [-0.05, 0) is 33.8 Å². The van der Waals surface area contributed by atoms with Crippen molar-refractivity contribution in [1.29, 1.82) is 0 Å². The van der Waals surface area contributed by atoms with Gasteiger partial charge in [-0.15, -0.1) is 0 Å². The summed E-state index contributed by atoms with van der Waals surface area (Å²) in [5, 5.41) is 0. The van der Waals surface area contributed by atoms with Crippen LogP contribution in [0, 0.1) is 0 Å². The summed E-state index contributed by atoms with van der Waals surface area (Å²) < 4.78 is 17.1. The van der Waals surface area contributed by atoms with Crippen LogP contribution in [0.3, 0.4) is 0 Å². The molecule has 0 spiro atoms. The van der Waals surface area contributed by atoms with E-state index in [1.54, 1.807) is 12.3 Å². The zero-order chi connectivity index (χ0) is 14.3. The second kappa shape index (κ2) is 4.61. The zero-order valence-electron chi connectivity index (χ0n) is 11.9. The van der Waals surface area contributed by atoms with Crippen LogP contribution in [0.15, 0.2) is 12.3 Å². The average Bonchev–Trinajstić information content (AvgIpc) is 2.57. The Labute approximate surface area is 113 Å². The lowest BCUT2D eigenvalue weighted by molar-refractivity contribution is 0.00578. The number of hydrogen-bond donors (Lipinski definition) is 0. The Bertz CT molecular complexity index is 485. The van der Waals surface area contributed by atoms with Crippen molar-refractivity contribution >= 4 is 19.0 Å². The van der Waals surface area contributed by atoms with Crippen LogP contribution in [-0.2, 0) is 9.31 Å². The van der Waals surface area contributed by atoms with E-state index in [2.05, 4.69) is 4.98 Å². The van der Waals surface area contributed by atoms with Gasteiger partial charge in [0.15, 0.2) is 6.29 Å². The molecular weight excluding hydrogens is 245 g/mol. The number of pyridine rings is 1. The molecule has 1 aliphatic heterocycles. The summed E-state index contributed by atoms with van der Waals surface area (Å²) in [6.07, 6.45) is 2.28. The highest BCUT2D eigenvalue weighted by Crippen LogP contribution is 2.37. The van der Waals surface area contributed by atoms with Gasteiger partial charge in [0, 0.05) is 6.20 Å². The third-order valence-corrected chi connectivity index (χ3v) is 3.77. The molecule has 1 saturated heterocycles. The predicted octanol–water partition coefficient (Wildman–Crippen LogP) is 1.20. The lowest BCUT2D eigenvalue weighted by atomic mass is 9.82. The molecule has 0 radical (unpaired) electrons. The molecule has 1 aliphatic rings. The largest absolute Gasteiger partial charge is 0.518 e. The Morgan fingerprint density at radius 2 is 1.84 bits per heavy atom. The molecule has 102 valence electrons. The van der Waals surface area contributed by atoms with Crippen molar-refractivity contribution in [3.63, 3.8) is 0 Å². The first kappa shape index (κ1) is 14.0. The molecule has 0 aliphatic carbocycles. The fraction of sp³-hybridized carbons (Fsp3) is 0.538. The van der Waals surface area contributed by atoms with Crippen LogP contribution in [0.5, 0.6) is 5.75 Å². The topological polar surface area (TPSA) is 57.7 Å². The minimum atomic E-state index is -0.639. The highest BCUT2D eigenvalue weighted by Gasteiger charge is 2.53. The Kier molecular flexibility index (Phi) is 3.41. The van der Waals surface area contributed by atoms with Crippen molar-refractivity contribution in [3.05, 3.63) is 17.8 Å². The van der Waals surface area contributed by atoms with E-state index in [9.17, 15) is 4.79 Å². The van der Waals surface area contributed by atoms with Gasteiger partial charge in [-0.25, -0.2) is 0 Å². The van der Waals surface area contributed by atoms with Crippen molar-refractivity contribution in [2.75, 3.05) is 7.11 Å². The number of methoxy groups -OCH3 is 1.